The van der Waals surface area contributed by atoms with Crippen molar-refractivity contribution in [1.82, 2.24) is 19.9 Å². The summed E-state index contributed by atoms with van der Waals surface area (Å²) >= 11 is 0. The molecule has 0 radical (unpaired) electrons. The lowest BCUT2D eigenvalue weighted by molar-refractivity contribution is 0.0762. The summed E-state index contributed by atoms with van der Waals surface area (Å²) in [6, 6.07) is 7.83. The molecule has 0 aliphatic rings. The SMILES string of the molecule is CCN(CC)C(=O)c1nc2cnc3ccccc3c2[nH]1. The van der Waals surface area contributed by atoms with Crippen LogP contribution in [0.3, 0.4) is 0 Å². The van der Waals surface area contributed by atoms with Crippen LogP contribution in [0.2, 0.25) is 0 Å². The molecule has 5 nitrogen and oxygen atoms in total. The second-order valence-electron chi connectivity index (χ2n) is 4.60. The maximum absolute atomic E-state index is 12.3. The predicted octanol–water partition coefficient (Wildman–Crippen LogP) is 2.59. The third-order valence-electron chi connectivity index (χ3n) is 3.48. The summed E-state index contributed by atoms with van der Waals surface area (Å²) in [5, 5.41) is 0.982. The minimum absolute atomic E-state index is 0.0738. The van der Waals surface area contributed by atoms with Gasteiger partial charge in [0.1, 0.15) is 5.52 Å². The molecule has 3 aromatic rings. The van der Waals surface area contributed by atoms with Crippen molar-refractivity contribution in [3.63, 3.8) is 0 Å². The highest BCUT2D eigenvalue weighted by Gasteiger charge is 2.17. The second-order valence-corrected chi connectivity index (χ2v) is 4.60. The molecule has 1 amide bonds. The number of hydrogen-bond acceptors (Lipinski definition) is 3. The Labute approximate surface area is 116 Å². The first-order chi connectivity index (χ1) is 9.74. The van der Waals surface area contributed by atoms with Crippen LogP contribution in [-0.2, 0) is 0 Å². The lowest BCUT2D eigenvalue weighted by atomic mass is 10.2. The number of nitrogens with one attached hydrogen (secondary N) is 1. The van der Waals surface area contributed by atoms with Gasteiger partial charge in [0.05, 0.1) is 17.2 Å². The predicted molar refractivity (Wildman–Crippen MR) is 78.6 cm³/mol. The van der Waals surface area contributed by atoms with Gasteiger partial charge in [0, 0.05) is 18.5 Å². The number of rotatable bonds is 3. The molecule has 2 heterocycles. The molecular weight excluding hydrogens is 252 g/mol. The van der Waals surface area contributed by atoms with Crippen LogP contribution >= 0.6 is 0 Å². The highest BCUT2D eigenvalue weighted by Crippen LogP contribution is 2.21. The molecule has 0 atom stereocenters. The summed E-state index contributed by atoms with van der Waals surface area (Å²) in [7, 11) is 0. The fourth-order valence-electron chi connectivity index (χ4n) is 2.38. The summed E-state index contributed by atoms with van der Waals surface area (Å²) in [6.07, 6.45) is 1.70. The van der Waals surface area contributed by atoms with Crippen LogP contribution in [-0.4, -0.2) is 38.8 Å². The third kappa shape index (κ3) is 1.91. The molecule has 20 heavy (non-hydrogen) atoms. The summed E-state index contributed by atoms with van der Waals surface area (Å²) in [5.41, 5.74) is 2.48. The van der Waals surface area contributed by atoms with Gasteiger partial charge >= 0.3 is 0 Å². The molecule has 102 valence electrons. The lowest BCUT2D eigenvalue weighted by Gasteiger charge is -2.16. The molecule has 0 aliphatic heterocycles. The lowest BCUT2D eigenvalue weighted by Crippen LogP contribution is -2.31. The number of imidazole rings is 1. The maximum Gasteiger partial charge on any atom is 0.289 e. The number of amides is 1. The minimum Gasteiger partial charge on any atom is -0.337 e. The Morgan fingerprint density at radius 1 is 1.20 bits per heavy atom. The zero-order valence-electron chi connectivity index (χ0n) is 11.6. The zero-order chi connectivity index (χ0) is 14.1. The van der Waals surface area contributed by atoms with Crippen LogP contribution in [0.5, 0.6) is 0 Å². The molecule has 0 aliphatic carbocycles. The topological polar surface area (TPSA) is 61.9 Å². The van der Waals surface area contributed by atoms with E-state index >= 15 is 0 Å². The van der Waals surface area contributed by atoms with E-state index in [0.29, 0.717) is 18.9 Å². The molecule has 2 aromatic heterocycles. The van der Waals surface area contributed by atoms with Gasteiger partial charge in [-0.15, -0.1) is 0 Å². The molecule has 1 N–H and O–H groups in total. The molecule has 3 rings (SSSR count). The molecular formula is C15H16N4O. The molecule has 1 aromatic carbocycles. The van der Waals surface area contributed by atoms with Crippen molar-refractivity contribution in [2.24, 2.45) is 0 Å². The number of aromatic nitrogens is 3. The largest absolute Gasteiger partial charge is 0.337 e. The van der Waals surface area contributed by atoms with Gasteiger partial charge in [-0.05, 0) is 19.9 Å². The van der Waals surface area contributed by atoms with Crippen LogP contribution in [0.4, 0.5) is 0 Å². The van der Waals surface area contributed by atoms with Crippen LogP contribution < -0.4 is 0 Å². The average molecular weight is 268 g/mol. The van der Waals surface area contributed by atoms with E-state index in [2.05, 4.69) is 15.0 Å². The molecule has 0 saturated heterocycles. The van der Waals surface area contributed by atoms with E-state index in [4.69, 9.17) is 0 Å². The number of hydrogen-bond donors (Lipinski definition) is 1. The van der Waals surface area contributed by atoms with E-state index in [0.717, 1.165) is 21.9 Å². The van der Waals surface area contributed by atoms with Gasteiger partial charge in [-0.3, -0.25) is 9.78 Å². The Kier molecular flexibility index (Phi) is 3.10. The molecule has 5 heteroatoms. The van der Waals surface area contributed by atoms with E-state index in [1.54, 1.807) is 11.1 Å². The van der Waals surface area contributed by atoms with Crippen LogP contribution in [0.25, 0.3) is 21.9 Å². The van der Waals surface area contributed by atoms with E-state index in [9.17, 15) is 4.79 Å². The Balaban J connectivity index is 2.15. The number of aromatic amines is 1. The number of carbonyl (C=O) groups is 1. The first-order valence-corrected chi connectivity index (χ1v) is 6.77. The van der Waals surface area contributed by atoms with E-state index in [-0.39, 0.29) is 5.91 Å². The summed E-state index contributed by atoms with van der Waals surface area (Å²) < 4.78 is 0. The van der Waals surface area contributed by atoms with E-state index in [1.807, 2.05) is 38.1 Å². The second kappa shape index (κ2) is 4.92. The van der Waals surface area contributed by atoms with Crippen LogP contribution in [0, 0.1) is 0 Å². The van der Waals surface area contributed by atoms with Gasteiger partial charge in [-0.2, -0.15) is 0 Å². The monoisotopic (exact) mass is 268 g/mol. The number of benzene rings is 1. The highest BCUT2D eigenvalue weighted by molar-refractivity contribution is 6.04. The normalized spacial score (nSPS) is 11.1. The molecule has 0 unspecified atom stereocenters. The molecule has 0 bridgehead atoms. The first kappa shape index (κ1) is 12.6. The first-order valence-electron chi connectivity index (χ1n) is 6.77. The fourth-order valence-corrected chi connectivity index (χ4v) is 2.38. The van der Waals surface area contributed by atoms with Crippen molar-refractivity contribution in [3.8, 4) is 0 Å². The van der Waals surface area contributed by atoms with Gasteiger partial charge < -0.3 is 9.88 Å². The van der Waals surface area contributed by atoms with Gasteiger partial charge in [0.15, 0.2) is 5.82 Å². The standard InChI is InChI=1S/C15H16N4O/c1-3-19(4-2)15(20)14-17-12-9-16-11-8-6-5-7-10(11)13(12)18-14/h5-9H,3-4H2,1-2H3,(H,17,18). The van der Waals surface area contributed by atoms with Gasteiger partial charge in [-0.1, -0.05) is 18.2 Å². The number of nitrogens with zero attached hydrogens (tertiary/aromatic N) is 3. The van der Waals surface area contributed by atoms with Gasteiger partial charge in [0.2, 0.25) is 0 Å². The van der Waals surface area contributed by atoms with Crippen molar-refractivity contribution in [2.75, 3.05) is 13.1 Å². The number of para-hydroxylation sites is 1. The maximum atomic E-state index is 12.3. The Morgan fingerprint density at radius 2 is 1.95 bits per heavy atom. The Morgan fingerprint density at radius 3 is 2.70 bits per heavy atom. The van der Waals surface area contributed by atoms with E-state index < -0.39 is 0 Å². The van der Waals surface area contributed by atoms with Crippen molar-refractivity contribution in [1.29, 1.82) is 0 Å². The minimum atomic E-state index is -0.0738. The van der Waals surface area contributed by atoms with E-state index in [1.165, 1.54) is 0 Å². The number of carbonyl (C=O) groups excluding carboxylic acids is 1. The van der Waals surface area contributed by atoms with Crippen LogP contribution in [0.1, 0.15) is 24.5 Å². The fraction of sp³-hybridized carbons (Fsp3) is 0.267. The average Bonchev–Trinajstić information content (AvgIpc) is 2.93. The Bertz CT molecular complexity index is 774. The number of fused-ring (bicyclic) bond motifs is 3. The van der Waals surface area contributed by atoms with Crippen molar-refractivity contribution in [3.05, 3.63) is 36.3 Å². The molecule has 0 spiro atoms. The van der Waals surface area contributed by atoms with Crippen LogP contribution in [0.15, 0.2) is 30.5 Å². The smallest absolute Gasteiger partial charge is 0.289 e. The van der Waals surface area contributed by atoms with Gasteiger partial charge in [-0.25, -0.2) is 4.98 Å². The highest BCUT2D eigenvalue weighted by atomic mass is 16.2. The number of pyridine rings is 1. The van der Waals surface area contributed by atoms with Gasteiger partial charge in [0.25, 0.3) is 5.91 Å². The summed E-state index contributed by atoms with van der Waals surface area (Å²) in [5.74, 6) is 0.303. The Hall–Kier alpha value is -2.43. The quantitative estimate of drug-likeness (QED) is 0.794. The van der Waals surface area contributed by atoms with Crippen molar-refractivity contribution >= 4 is 27.8 Å². The molecule has 0 saturated carbocycles. The van der Waals surface area contributed by atoms with Crippen molar-refractivity contribution < 1.29 is 4.79 Å². The third-order valence-corrected chi connectivity index (χ3v) is 3.48. The van der Waals surface area contributed by atoms with Crippen molar-refractivity contribution in [2.45, 2.75) is 13.8 Å². The summed E-state index contributed by atoms with van der Waals surface area (Å²) in [6.45, 7) is 5.26. The number of H-pyrrole nitrogens is 1. The molecule has 0 fully saturated rings. The zero-order valence-corrected chi connectivity index (χ0v) is 11.6. The summed E-state index contributed by atoms with van der Waals surface area (Å²) in [4.78, 5) is 25.9.